The van der Waals surface area contributed by atoms with Crippen molar-refractivity contribution < 1.29 is 45.1 Å². The number of hydrogen-bond donors (Lipinski definition) is 6. The highest BCUT2D eigenvalue weighted by Crippen LogP contribution is 1.98. The average molecular weight is 392 g/mol. The minimum absolute atomic E-state index is 0.130. The van der Waals surface area contributed by atoms with E-state index in [9.17, 15) is 36.0 Å². The van der Waals surface area contributed by atoms with Gasteiger partial charge in [-0.05, 0) is 6.92 Å². The van der Waals surface area contributed by atoms with Crippen LogP contribution in [0.1, 0.15) is 6.92 Å². The molecule has 0 aliphatic rings. The summed E-state index contributed by atoms with van der Waals surface area (Å²) in [5.41, 5.74) is 0. The zero-order valence-corrected chi connectivity index (χ0v) is 14.0. The lowest BCUT2D eigenvalue weighted by Crippen LogP contribution is -2.49. The molecule has 1 atom stereocenters. The SMILES string of the molecule is CCNC(=O)C(C(=O)NC)C(=O)NS(=O)(=O)O.O=CNS(=O)(=O)O. The van der Waals surface area contributed by atoms with Crippen molar-refractivity contribution in [2.24, 2.45) is 5.92 Å². The molecule has 0 fully saturated rings. The quantitative estimate of drug-likeness (QED) is 0.139. The summed E-state index contributed by atoms with van der Waals surface area (Å²) in [5, 5.41) is 4.22. The number of carbonyl (C=O) groups is 4. The van der Waals surface area contributed by atoms with E-state index in [2.05, 4.69) is 5.32 Å². The van der Waals surface area contributed by atoms with Gasteiger partial charge in [0.1, 0.15) is 0 Å². The van der Waals surface area contributed by atoms with Crippen molar-refractivity contribution in [3.8, 4) is 0 Å². The maximum atomic E-state index is 11.4. The van der Waals surface area contributed by atoms with Crippen LogP contribution < -0.4 is 20.1 Å². The molecule has 0 aliphatic carbocycles. The summed E-state index contributed by atoms with van der Waals surface area (Å²) in [4.78, 5) is 43.1. The molecule has 1 unspecified atom stereocenters. The van der Waals surface area contributed by atoms with E-state index in [0.717, 1.165) is 9.44 Å². The lowest BCUT2D eigenvalue weighted by Gasteiger charge is -2.13. The van der Waals surface area contributed by atoms with Gasteiger partial charge in [0.15, 0.2) is 5.92 Å². The molecule has 24 heavy (non-hydrogen) atoms. The minimum Gasteiger partial charge on any atom is -0.358 e. The van der Waals surface area contributed by atoms with Crippen LogP contribution >= 0.6 is 0 Å². The Morgan fingerprint density at radius 2 is 1.50 bits per heavy atom. The molecule has 0 saturated carbocycles. The molecule has 0 aliphatic heterocycles. The van der Waals surface area contributed by atoms with Crippen LogP contribution in [0.2, 0.25) is 0 Å². The van der Waals surface area contributed by atoms with E-state index in [1.54, 1.807) is 6.92 Å². The maximum Gasteiger partial charge on any atom is 0.359 e. The first-order valence-electron chi connectivity index (χ1n) is 5.75. The lowest BCUT2D eigenvalue weighted by molar-refractivity contribution is -0.141. The van der Waals surface area contributed by atoms with Gasteiger partial charge >= 0.3 is 20.6 Å². The van der Waals surface area contributed by atoms with Gasteiger partial charge in [-0.15, -0.1) is 0 Å². The zero-order valence-electron chi connectivity index (χ0n) is 12.3. The molecule has 14 nitrogen and oxygen atoms in total. The van der Waals surface area contributed by atoms with Gasteiger partial charge in [-0.25, -0.2) is 9.44 Å². The molecular formula is C8H16N4O10S2. The first kappa shape index (κ1) is 24.0. The van der Waals surface area contributed by atoms with E-state index in [1.807, 2.05) is 5.32 Å². The largest absolute Gasteiger partial charge is 0.359 e. The second-order valence-corrected chi connectivity index (χ2v) is 5.93. The standard InChI is InChI=1S/C7H13N3O6S.CH3NO4S/c1-3-9-6(12)4(5(11)8-2)7(13)10-17(14,15)16;3-1-2-7(4,5)6/h4H,3H2,1-2H3,(H,8,11)(H,9,12)(H,10,13)(H,14,15,16);1H,(H,2,3)(H,4,5,6). The number of hydrogen-bond acceptors (Lipinski definition) is 8. The summed E-state index contributed by atoms with van der Waals surface area (Å²) < 4.78 is 58.0. The number of amides is 4. The van der Waals surface area contributed by atoms with Gasteiger partial charge in [0.25, 0.3) is 5.91 Å². The normalized spacial score (nSPS) is 11.8. The maximum absolute atomic E-state index is 11.4. The Balaban J connectivity index is 0. The van der Waals surface area contributed by atoms with Gasteiger partial charge in [0.05, 0.1) is 0 Å². The fraction of sp³-hybridized carbons (Fsp3) is 0.500. The molecule has 0 radical (unpaired) electrons. The van der Waals surface area contributed by atoms with Gasteiger partial charge in [-0.2, -0.15) is 16.8 Å². The van der Waals surface area contributed by atoms with Crippen molar-refractivity contribution in [1.29, 1.82) is 0 Å². The third-order valence-electron chi connectivity index (χ3n) is 1.81. The summed E-state index contributed by atoms with van der Waals surface area (Å²) in [6, 6.07) is 0. The van der Waals surface area contributed by atoms with E-state index in [4.69, 9.17) is 9.11 Å². The van der Waals surface area contributed by atoms with E-state index in [0.29, 0.717) is 0 Å². The minimum atomic E-state index is -4.82. The third kappa shape index (κ3) is 12.3. The summed E-state index contributed by atoms with van der Waals surface area (Å²) in [7, 11) is -7.93. The van der Waals surface area contributed by atoms with Crippen molar-refractivity contribution in [3.63, 3.8) is 0 Å². The summed E-state index contributed by atoms with van der Waals surface area (Å²) >= 11 is 0. The average Bonchev–Trinajstić information content (AvgIpc) is 2.36. The van der Waals surface area contributed by atoms with Crippen LogP contribution in [-0.2, 0) is 39.8 Å². The van der Waals surface area contributed by atoms with Gasteiger partial charge in [0.2, 0.25) is 18.2 Å². The number of rotatable bonds is 7. The first-order valence-corrected chi connectivity index (χ1v) is 8.63. The van der Waals surface area contributed by atoms with Crippen molar-refractivity contribution in [2.75, 3.05) is 13.6 Å². The van der Waals surface area contributed by atoms with E-state index in [1.165, 1.54) is 7.05 Å². The Hall–Kier alpha value is -2.30. The predicted octanol–water partition coefficient (Wildman–Crippen LogP) is -4.06. The van der Waals surface area contributed by atoms with Crippen LogP contribution in [0.3, 0.4) is 0 Å². The summed E-state index contributed by atoms with van der Waals surface area (Å²) in [6.07, 6.45) is -0.130. The fourth-order valence-corrected chi connectivity index (χ4v) is 1.52. The second-order valence-electron chi connectivity index (χ2n) is 3.59. The van der Waals surface area contributed by atoms with Crippen molar-refractivity contribution in [2.45, 2.75) is 6.92 Å². The van der Waals surface area contributed by atoms with Crippen LogP contribution in [0.15, 0.2) is 0 Å². The molecule has 0 saturated heterocycles. The van der Waals surface area contributed by atoms with Crippen LogP contribution in [0.4, 0.5) is 0 Å². The smallest absolute Gasteiger partial charge is 0.358 e. The van der Waals surface area contributed by atoms with Gasteiger partial charge in [-0.1, -0.05) is 0 Å². The Morgan fingerprint density at radius 1 is 1.00 bits per heavy atom. The Bertz CT molecular complexity index is 671. The molecule has 0 spiro atoms. The lowest BCUT2D eigenvalue weighted by atomic mass is 10.1. The summed E-state index contributed by atoms with van der Waals surface area (Å²) in [6.45, 7) is 1.71. The molecular weight excluding hydrogens is 376 g/mol. The number of carbonyl (C=O) groups excluding carboxylic acids is 4. The fourth-order valence-electron chi connectivity index (χ4n) is 1.02. The monoisotopic (exact) mass is 392 g/mol. The third-order valence-corrected chi connectivity index (χ3v) is 2.66. The van der Waals surface area contributed by atoms with Gasteiger partial charge in [0, 0.05) is 13.6 Å². The van der Waals surface area contributed by atoms with Gasteiger partial charge in [-0.3, -0.25) is 28.3 Å². The predicted molar refractivity (Wildman–Crippen MR) is 76.7 cm³/mol. The highest BCUT2D eigenvalue weighted by Gasteiger charge is 2.34. The van der Waals surface area contributed by atoms with Crippen LogP contribution in [-0.4, -0.2) is 63.7 Å². The molecule has 140 valence electrons. The highest BCUT2D eigenvalue weighted by molar-refractivity contribution is 7.84. The highest BCUT2D eigenvalue weighted by atomic mass is 32.2. The van der Waals surface area contributed by atoms with Crippen LogP contribution in [0.5, 0.6) is 0 Å². The number of nitrogens with one attached hydrogen (secondary N) is 4. The Kier molecular flexibility index (Phi) is 10.5. The van der Waals surface area contributed by atoms with Crippen molar-refractivity contribution in [1.82, 2.24) is 20.1 Å². The Morgan fingerprint density at radius 3 is 1.75 bits per heavy atom. The molecule has 16 heteroatoms. The van der Waals surface area contributed by atoms with E-state index < -0.39 is 44.2 Å². The van der Waals surface area contributed by atoms with E-state index in [-0.39, 0.29) is 13.0 Å². The van der Waals surface area contributed by atoms with Crippen LogP contribution in [0.25, 0.3) is 0 Å². The Labute approximate surface area is 137 Å². The van der Waals surface area contributed by atoms with Crippen LogP contribution in [0, 0.1) is 5.92 Å². The topological polar surface area (TPSA) is 225 Å². The molecule has 0 bridgehead atoms. The molecule has 4 amide bonds. The molecule has 0 aromatic heterocycles. The molecule has 0 aromatic rings. The molecule has 0 aromatic carbocycles. The molecule has 0 heterocycles. The van der Waals surface area contributed by atoms with Crippen molar-refractivity contribution >= 4 is 44.7 Å². The van der Waals surface area contributed by atoms with Gasteiger partial charge < -0.3 is 10.6 Å². The molecule has 6 N–H and O–H groups in total. The zero-order chi connectivity index (χ0) is 19.6. The summed E-state index contributed by atoms with van der Waals surface area (Å²) in [5.74, 6) is -5.27. The molecule has 0 rings (SSSR count). The first-order chi connectivity index (χ1) is 10.8. The van der Waals surface area contributed by atoms with E-state index >= 15 is 0 Å². The second kappa shape index (κ2) is 10.5. The van der Waals surface area contributed by atoms with Crippen molar-refractivity contribution in [3.05, 3.63) is 0 Å².